The Kier molecular flexibility index (Phi) is 5.17. The van der Waals surface area contributed by atoms with Crippen LogP contribution in [0.15, 0.2) is 17.8 Å². The van der Waals surface area contributed by atoms with Crippen LogP contribution in [0.25, 0.3) is 0 Å². The van der Waals surface area contributed by atoms with Gasteiger partial charge in [0.05, 0.1) is 17.9 Å². The molecule has 0 saturated carbocycles. The van der Waals surface area contributed by atoms with Crippen molar-refractivity contribution in [1.82, 2.24) is 20.1 Å². The molecule has 2 aromatic rings. The van der Waals surface area contributed by atoms with E-state index in [1.54, 1.807) is 11.3 Å². The topological polar surface area (TPSA) is 42.7 Å². The second kappa shape index (κ2) is 6.71. The Balaban J connectivity index is 2.27. The Labute approximate surface area is 131 Å². The molecule has 2 aromatic heterocycles. The fourth-order valence-corrected chi connectivity index (χ4v) is 3.34. The van der Waals surface area contributed by atoms with Gasteiger partial charge in [0.25, 0.3) is 0 Å². The molecule has 1 unspecified atom stereocenters. The first kappa shape index (κ1) is 16.2. The van der Waals surface area contributed by atoms with Gasteiger partial charge >= 0.3 is 0 Å². The number of nitrogens with zero attached hydrogens (tertiary/aromatic N) is 3. The molecule has 0 bridgehead atoms. The van der Waals surface area contributed by atoms with Crippen LogP contribution < -0.4 is 5.32 Å². The van der Waals surface area contributed by atoms with Crippen molar-refractivity contribution in [2.75, 3.05) is 6.54 Å². The standard InChI is InChI=1S/C16H26N4S/c1-6-8-20-10-12(9-18-20)14(17-7-2)15-19-13(11-21-15)16(3,4)5/h9-11,14,17H,6-8H2,1-5H3. The third-order valence-corrected chi connectivity index (χ3v) is 4.29. The van der Waals surface area contributed by atoms with Gasteiger partial charge in [-0.1, -0.05) is 34.6 Å². The summed E-state index contributed by atoms with van der Waals surface area (Å²) < 4.78 is 2.01. The Morgan fingerprint density at radius 2 is 2.10 bits per heavy atom. The minimum absolute atomic E-state index is 0.0951. The molecule has 4 nitrogen and oxygen atoms in total. The molecule has 0 aromatic carbocycles. The summed E-state index contributed by atoms with van der Waals surface area (Å²) in [6, 6.07) is 0.140. The lowest BCUT2D eigenvalue weighted by Gasteiger charge is -2.16. The zero-order valence-corrected chi connectivity index (χ0v) is 14.5. The van der Waals surface area contributed by atoms with Crippen LogP contribution in [0.5, 0.6) is 0 Å². The number of nitrogens with one attached hydrogen (secondary N) is 1. The Morgan fingerprint density at radius 3 is 2.67 bits per heavy atom. The molecule has 0 saturated heterocycles. The lowest BCUT2D eigenvalue weighted by molar-refractivity contribution is 0.561. The molecule has 0 aliphatic heterocycles. The lowest BCUT2D eigenvalue weighted by Crippen LogP contribution is -2.22. The van der Waals surface area contributed by atoms with Crippen LogP contribution in [-0.4, -0.2) is 21.3 Å². The molecular weight excluding hydrogens is 280 g/mol. The average molecular weight is 306 g/mol. The maximum atomic E-state index is 4.85. The van der Waals surface area contributed by atoms with Gasteiger partial charge in [-0.2, -0.15) is 5.10 Å². The van der Waals surface area contributed by atoms with E-state index in [2.05, 4.69) is 56.6 Å². The quantitative estimate of drug-likeness (QED) is 0.884. The van der Waals surface area contributed by atoms with Crippen LogP contribution in [0, 0.1) is 0 Å². The maximum absolute atomic E-state index is 4.85. The molecule has 0 fully saturated rings. The smallest absolute Gasteiger partial charge is 0.115 e. The molecular formula is C16H26N4S. The van der Waals surface area contributed by atoms with Crippen molar-refractivity contribution in [3.8, 4) is 0 Å². The molecule has 5 heteroatoms. The molecule has 1 N–H and O–H groups in total. The fraction of sp³-hybridized carbons (Fsp3) is 0.625. The van der Waals surface area contributed by atoms with Crippen molar-refractivity contribution in [3.63, 3.8) is 0 Å². The fourth-order valence-electron chi connectivity index (χ4n) is 2.20. The Hall–Kier alpha value is -1.20. The summed E-state index contributed by atoms with van der Waals surface area (Å²) in [4.78, 5) is 4.85. The van der Waals surface area contributed by atoms with Crippen molar-refractivity contribution in [1.29, 1.82) is 0 Å². The van der Waals surface area contributed by atoms with E-state index in [-0.39, 0.29) is 11.5 Å². The van der Waals surface area contributed by atoms with E-state index in [1.165, 1.54) is 5.56 Å². The largest absolute Gasteiger partial charge is 0.304 e. The van der Waals surface area contributed by atoms with Gasteiger partial charge in [0.1, 0.15) is 5.01 Å². The van der Waals surface area contributed by atoms with Crippen molar-refractivity contribution in [2.24, 2.45) is 0 Å². The summed E-state index contributed by atoms with van der Waals surface area (Å²) in [6.45, 7) is 12.8. The van der Waals surface area contributed by atoms with E-state index < -0.39 is 0 Å². The summed E-state index contributed by atoms with van der Waals surface area (Å²) >= 11 is 1.73. The number of hydrogen-bond donors (Lipinski definition) is 1. The lowest BCUT2D eigenvalue weighted by atomic mass is 9.93. The van der Waals surface area contributed by atoms with Gasteiger partial charge in [0.2, 0.25) is 0 Å². The number of hydrogen-bond acceptors (Lipinski definition) is 4. The van der Waals surface area contributed by atoms with Gasteiger partial charge in [0.15, 0.2) is 0 Å². The van der Waals surface area contributed by atoms with E-state index >= 15 is 0 Å². The van der Waals surface area contributed by atoms with Crippen molar-refractivity contribution < 1.29 is 0 Å². The van der Waals surface area contributed by atoms with Crippen LogP contribution in [0.2, 0.25) is 0 Å². The summed E-state index contributed by atoms with van der Waals surface area (Å²) in [6.07, 6.45) is 5.19. The third-order valence-electron chi connectivity index (χ3n) is 3.38. The van der Waals surface area contributed by atoms with E-state index in [1.807, 2.05) is 10.9 Å². The van der Waals surface area contributed by atoms with E-state index in [0.717, 1.165) is 30.2 Å². The molecule has 0 spiro atoms. The van der Waals surface area contributed by atoms with Gasteiger partial charge in [-0.25, -0.2) is 4.98 Å². The highest BCUT2D eigenvalue weighted by Crippen LogP contribution is 2.29. The summed E-state index contributed by atoms with van der Waals surface area (Å²) in [5.74, 6) is 0. The van der Waals surface area contributed by atoms with Crippen molar-refractivity contribution in [2.45, 2.75) is 59.0 Å². The number of rotatable bonds is 6. The van der Waals surface area contributed by atoms with Gasteiger partial charge in [0, 0.05) is 29.1 Å². The van der Waals surface area contributed by atoms with Gasteiger partial charge in [-0.05, 0) is 13.0 Å². The maximum Gasteiger partial charge on any atom is 0.115 e. The van der Waals surface area contributed by atoms with Crippen LogP contribution in [0.1, 0.15) is 63.3 Å². The zero-order chi connectivity index (χ0) is 15.5. The highest BCUT2D eigenvalue weighted by atomic mass is 32.1. The number of aryl methyl sites for hydroxylation is 1. The summed E-state index contributed by atoms with van der Waals surface area (Å²) in [5.41, 5.74) is 2.45. The molecule has 0 radical (unpaired) electrons. The minimum atomic E-state index is 0.0951. The third kappa shape index (κ3) is 3.92. The highest BCUT2D eigenvalue weighted by Gasteiger charge is 2.22. The molecule has 0 aliphatic rings. The monoisotopic (exact) mass is 306 g/mol. The minimum Gasteiger partial charge on any atom is -0.304 e. The van der Waals surface area contributed by atoms with Crippen molar-refractivity contribution >= 4 is 11.3 Å². The molecule has 116 valence electrons. The van der Waals surface area contributed by atoms with Crippen LogP contribution >= 0.6 is 11.3 Å². The van der Waals surface area contributed by atoms with Crippen LogP contribution in [0.4, 0.5) is 0 Å². The SMILES string of the molecule is CCCn1cc(C(NCC)c2nc(C(C)(C)C)cs2)cn1. The Bertz CT molecular complexity index is 565. The second-order valence-corrected chi connectivity index (χ2v) is 7.24. The Morgan fingerprint density at radius 1 is 1.33 bits per heavy atom. The first-order valence-electron chi connectivity index (χ1n) is 7.67. The van der Waals surface area contributed by atoms with E-state index in [0.29, 0.717) is 0 Å². The van der Waals surface area contributed by atoms with E-state index in [4.69, 9.17) is 4.98 Å². The predicted octanol–water partition coefficient (Wildman–Crippen LogP) is 3.75. The highest BCUT2D eigenvalue weighted by molar-refractivity contribution is 7.09. The predicted molar refractivity (Wildman–Crippen MR) is 88.9 cm³/mol. The van der Waals surface area contributed by atoms with Gasteiger partial charge in [-0.3, -0.25) is 4.68 Å². The van der Waals surface area contributed by atoms with Gasteiger partial charge < -0.3 is 5.32 Å². The zero-order valence-electron chi connectivity index (χ0n) is 13.7. The summed E-state index contributed by atoms with van der Waals surface area (Å²) in [5, 5.41) is 11.3. The first-order chi connectivity index (χ1) is 9.95. The molecule has 1 atom stereocenters. The summed E-state index contributed by atoms with van der Waals surface area (Å²) in [7, 11) is 0. The van der Waals surface area contributed by atoms with E-state index in [9.17, 15) is 0 Å². The number of aromatic nitrogens is 3. The average Bonchev–Trinajstić information content (AvgIpc) is 3.04. The molecule has 0 aliphatic carbocycles. The second-order valence-electron chi connectivity index (χ2n) is 6.35. The van der Waals surface area contributed by atoms with Crippen LogP contribution in [0.3, 0.4) is 0 Å². The van der Waals surface area contributed by atoms with Crippen LogP contribution in [-0.2, 0) is 12.0 Å². The first-order valence-corrected chi connectivity index (χ1v) is 8.55. The molecule has 2 heterocycles. The molecule has 21 heavy (non-hydrogen) atoms. The molecule has 2 rings (SSSR count). The normalized spacial score (nSPS) is 13.6. The van der Waals surface area contributed by atoms with Crippen molar-refractivity contribution in [3.05, 3.63) is 34.0 Å². The van der Waals surface area contributed by atoms with Gasteiger partial charge in [-0.15, -0.1) is 11.3 Å². The number of thiazole rings is 1. The molecule has 0 amide bonds.